The van der Waals surface area contributed by atoms with E-state index < -0.39 is 0 Å². The first-order valence-corrected chi connectivity index (χ1v) is 10.3. The van der Waals surface area contributed by atoms with Crippen LogP contribution in [-0.4, -0.2) is 67.2 Å². The lowest BCUT2D eigenvalue weighted by Crippen LogP contribution is -2.50. The summed E-state index contributed by atoms with van der Waals surface area (Å²) in [5.74, 6) is 1.96. The van der Waals surface area contributed by atoms with Gasteiger partial charge in [0.05, 0.1) is 25.0 Å². The fraction of sp³-hybridized carbons (Fsp3) is 0.500. The van der Waals surface area contributed by atoms with Crippen LogP contribution < -0.4 is 5.32 Å². The van der Waals surface area contributed by atoms with Crippen molar-refractivity contribution in [1.29, 1.82) is 0 Å². The Balaban J connectivity index is 1.40. The monoisotopic (exact) mass is 382 g/mol. The zero-order valence-corrected chi connectivity index (χ0v) is 16.6. The minimum Gasteiger partial charge on any atom is -0.469 e. The van der Waals surface area contributed by atoms with E-state index in [1.807, 2.05) is 12.1 Å². The molecule has 0 saturated carbocycles. The SMILES string of the molecule is CCNC(=NCCc1ccco1)N1CC2OCCN(Cc3ccccc3)C2C1. The average molecular weight is 383 g/mol. The quantitative estimate of drug-likeness (QED) is 0.614. The summed E-state index contributed by atoms with van der Waals surface area (Å²) in [6.07, 6.45) is 2.78. The average Bonchev–Trinajstić information content (AvgIpc) is 3.38. The van der Waals surface area contributed by atoms with Gasteiger partial charge in [-0.2, -0.15) is 0 Å². The molecule has 4 rings (SSSR count). The number of fused-ring (bicyclic) bond motifs is 1. The molecule has 150 valence electrons. The highest BCUT2D eigenvalue weighted by molar-refractivity contribution is 5.80. The zero-order chi connectivity index (χ0) is 19.2. The van der Waals surface area contributed by atoms with Crippen LogP contribution in [0.1, 0.15) is 18.2 Å². The van der Waals surface area contributed by atoms with Gasteiger partial charge in [-0.25, -0.2) is 0 Å². The molecule has 0 amide bonds. The van der Waals surface area contributed by atoms with Gasteiger partial charge in [-0.1, -0.05) is 30.3 Å². The molecule has 3 heterocycles. The minimum absolute atomic E-state index is 0.242. The molecule has 1 aromatic heterocycles. The summed E-state index contributed by atoms with van der Waals surface area (Å²) in [7, 11) is 0. The van der Waals surface area contributed by atoms with Gasteiger partial charge < -0.3 is 19.4 Å². The zero-order valence-electron chi connectivity index (χ0n) is 16.6. The Bertz CT molecular complexity index is 747. The molecule has 2 aliphatic heterocycles. The van der Waals surface area contributed by atoms with Crippen molar-refractivity contribution in [3.05, 3.63) is 60.1 Å². The number of nitrogens with zero attached hydrogens (tertiary/aromatic N) is 3. The van der Waals surface area contributed by atoms with E-state index in [9.17, 15) is 0 Å². The molecule has 1 N–H and O–H groups in total. The van der Waals surface area contributed by atoms with Crippen molar-refractivity contribution in [1.82, 2.24) is 15.1 Å². The Morgan fingerprint density at radius 1 is 1.18 bits per heavy atom. The summed E-state index contributed by atoms with van der Waals surface area (Å²) in [5, 5.41) is 3.45. The number of morpholine rings is 1. The van der Waals surface area contributed by atoms with Crippen LogP contribution in [0, 0.1) is 0 Å². The third-order valence-corrected chi connectivity index (χ3v) is 5.48. The summed E-state index contributed by atoms with van der Waals surface area (Å²) in [6.45, 7) is 8.29. The maximum absolute atomic E-state index is 6.11. The van der Waals surface area contributed by atoms with Gasteiger partial charge in [0.2, 0.25) is 0 Å². The van der Waals surface area contributed by atoms with Crippen molar-refractivity contribution in [2.45, 2.75) is 32.0 Å². The predicted octanol–water partition coefficient (Wildman–Crippen LogP) is 2.37. The smallest absolute Gasteiger partial charge is 0.194 e. The molecule has 0 aliphatic carbocycles. The normalized spacial score (nSPS) is 23.0. The van der Waals surface area contributed by atoms with Gasteiger partial charge in [0, 0.05) is 45.7 Å². The highest BCUT2D eigenvalue weighted by Gasteiger charge is 2.41. The van der Waals surface area contributed by atoms with E-state index in [2.05, 4.69) is 52.4 Å². The second-order valence-electron chi connectivity index (χ2n) is 7.40. The summed E-state index contributed by atoms with van der Waals surface area (Å²) in [4.78, 5) is 9.75. The molecule has 6 nitrogen and oxygen atoms in total. The lowest BCUT2D eigenvalue weighted by molar-refractivity contribution is -0.0502. The number of rotatable bonds is 6. The molecule has 0 spiro atoms. The van der Waals surface area contributed by atoms with Crippen LogP contribution in [0.5, 0.6) is 0 Å². The van der Waals surface area contributed by atoms with E-state index >= 15 is 0 Å². The Morgan fingerprint density at radius 3 is 2.86 bits per heavy atom. The first-order chi connectivity index (χ1) is 13.8. The van der Waals surface area contributed by atoms with Gasteiger partial charge in [-0.05, 0) is 24.6 Å². The van der Waals surface area contributed by atoms with Crippen molar-refractivity contribution in [3.8, 4) is 0 Å². The molecule has 2 fully saturated rings. The number of guanidine groups is 1. The Labute approximate surface area is 167 Å². The van der Waals surface area contributed by atoms with E-state index in [0.29, 0.717) is 6.04 Å². The van der Waals surface area contributed by atoms with E-state index in [4.69, 9.17) is 14.1 Å². The van der Waals surface area contributed by atoms with Crippen LogP contribution in [0.15, 0.2) is 58.1 Å². The fourth-order valence-electron chi connectivity index (χ4n) is 4.10. The van der Waals surface area contributed by atoms with Crippen molar-refractivity contribution in [2.75, 3.05) is 39.3 Å². The highest BCUT2D eigenvalue weighted by Crippen LogP contribution is 2.24. The van der Waals surface area contributed by atoms with Gasteiger partial charge in [0.1, 0.15) is 5.76 Å². The number of hydrogen-bond acceptors (Lipinski definition) is 4. The molecular formula is C22H30N4O2. The number of aliphatic imine (C=N–C) groups is 1. The van der Waals surface area contributed by atoms with Crippen LogP contribution in [0.2, 0.25) is 0 Å². The molecule has 1 aromatic carbocycles. The number of benzene rings is 1. The van der Waals surface area contributed by atoms with Crippen LogP contribution in [-0.2, 0) is 17.7 Å². The fourth-order valence-corrected chi connectivity index (χ4v) is 4.10. The predicted molar refractivity (Wildman–Crippen MR) is 110 cm³/mol. The second-order valence-corrected chi connectivity index (χ2v) is 7.40. The number of likely N-dealkylation sites (tertiary alicyclic amines) is 1. The van der Waals surface area contributed by atoms with Crippen LogP contribution in [0.4, 0.5) is 0 Å². The van der Waals surface area contributed by atoms with Crippen molar-refractivity contribution < 1.29 is 9.15 Å². The molecule has 2 unspecified atom stereocenters. The maximum Gasteiger partial charge on any atom is 0.194 e. The third kappa shape index (κ3) is 4.56. The van der Waals surface area contributed by atoms with Gasteiger partial charge >= 0.3 is 0 Å². The summed E-state index contributed by atoms with van der Waals surface area (Å²) in [5.41, 5.74) is 1.36. The largest absolute Gasteiger partial charge is 0.469 e. The molecule has 0 radical (unpaired) electrons. The van der Waals surface area contributed by atoms with E-state index in [1.54, 1.807) is 6.26 Å². The van der Waals surface area contributed by atoms with Gasteiger partial charge in [0.25, 0.3) is 0 Å². The van der Waals surface area contributed by atoms with Crippen molar-refractivity contribution in [2.24, 2.45) is 4.99 Å². The van der Waals surface area contributed by atoms with Crippen molar-refractivity contribution >= 4 is 5.96 Å². The molecule has 28 heavy (non-hydrogen) atoms. The van der Waals surface area contributed by atoms with Gasteiger partial charge in [-0.15, -0.1) is 0 Å². The number of furan rings is 1. The Morgan fingerprint density at radius 2 is 2.07 bits per heavy atom. The van der Waals surface area contributed by atoms with Crippen LogP contribution in [0.25, 0.3) is 0 Å². The van der Waals surface area contributed by atoms with Gasteiger partial charge in [0.15, 0.2) is 5.96 Å². The maximum atomic E-state index is 6.11. The first kappa shape index (κ1) is 19.0. The third-order valence-electron chi connectivity index (χ3n) is 5.48. The molecule has 2 aromatic rings. The molecule has 2 atom stereocenters. The number of ether oxygens (including phenoxy) is 1. The molecule has 6 heteroatoms. The standard InChI is InChI=1S/C22H30N4O2/c1-2-23-22(24-11-10-19-9-6-13-27-19)26-16-20-21(17-26)28-14-12-25(20)15-18-7-4-3-5-8-18/h3-9,13,20-21H,2,10-12,14-17H2,1H3,(H,23,24). The van der Waals surface area contributed by atoms with E-state index in [-0.39, 0.29) is 6.10 Å². The summed E-state index contributed by atoms with van der Waals surface area (Å²) >= 11 is 0. The highest BCUT2D eigenvalue weighted by atomic mass is 16.5. The Hall–Kier alpha value is -2.31. The molecule has 2 aliphatic rings. The lowest BCUT2D eigenvalue weighted by Gasteiger charge is -2.36. The number of hydrogen-bond donors (Lipinski definition) is 1. The molecular weight excluding hydrogens is 352 g/mol. The van der Waals surface area contributed by atoms with Gasteiger partial charge in [-0.3, -0.25) is 9.89 Å². The van der Waals surface area contributed by atoms with Crippen LogP contribution >= 0.6 is 0 Å². The van der Waals surface area contributed by atoms with E-state index in [0.717, 1.165) is 64.0 Å². The molecule has 0 bridgehead atoms. The first-order valence-electron chi connectivity index (χ1n) is 10.3. The summed E-state index contributed by atoms with van der Waals surface area (Å²) < 4.78 is 11.5. The minimum atomic E-state index is 0.242. The summed E-state index contributed by atoms with van der Waals surface area (Å²) in [6, 6.07) is 15.0. The topological polar surface area (TPSA) is 53.2 Å². The Kier molecular flexibility index (Phi) is 6.29. The van der Waals surface area contributed by atoms with E-state index in [1.165, 1.54) is 5.56 Å². The lowest BCUT2D eigenvalue weighted by atomic mass is 10.1. The molecule has 2 saturated heterocycles. The van der Waals surface area contributed by atoms with Crippen LogP contribution in [0.3, 0.4) is 0 Å². The second kappa shape index (κ2) is 9.26. The number of nitrogens with one attached hydrogen (secondary N) is 1. The van der Waals surface area contributed by atoms with Crippen molar-refractivity contribution in [3.63, 3.8) is 0 Å².